The number of methoxy groups -OCH3 is 1. The standard InChI is InChI=1S/C28H36N6O2S/c1-3-32-8-10-33(11-9-32)21-22-4-6-23(7-5-22)24-16-25(19-29-18-24)31-37-27-17-26(20-30-28(27)35-2)34-12-14-36-15-13-34/h4-7,16-20,31H,3,8-15,21H2,1-2H3. The molecule has 37 heavy (non-hydrogen) atoms. The summed E-state index contributed by atoms with van der Waals surface area (Å²) in [6.45, 7) is 12.2. The number of aromatic nitrogens is 2. The zero-order valence-electron chi connectivity index (χ0n) is 21.7. The lowest BCUT2D eigenvalue weighted by Gasteiger charge is -2.34. The van der Waals surface area contributed by atoms with Gasteiger partial charge in [-0.1, -0.05) is 31.2 Å². The van der Waals surface area contributed by atoms with Crippen molar-refractivity contribution in [1.82, 2.24) is 19.8 Å². The van der Waals surface area contributed by atoms with Gasteiger partial charge in [0.15, 0.2) is 0 Å². The lowest BCUT2D eigenvalue weighted by Crippen LogP contribution is -2.45. The van der Waals surface area contributed by atoms with Crippen molar-refractivity contribution in [2.45, 2.75) is 18.4 Å². The van der Waals surface area contributed by atoms with E-state index in [9.17, 15) is 0 Å². The van der Waals surface area contributed by atoms with Gasteiger partial charge >= 0.3 is 0 Å². The smallest absolute Gasteiger partial charge is 0.229 e. The first-order valence-electron chi connectivity index (χ1n) is 13.0. The lowest BCUT2D eigenvalue weighted by molar-refractivity contribution is 0.122. The number of likely N-dealkylation sites (N-methyl/N-ethyl adjacent to an activating group) is 1. The molecule has 0 amide bonds. The minimum Gasteiger partial charge on any atom is -0.480 e. The van der Waals surface area contributed by atoms with Crippen LogP contribution in [0.4, 0.5) is 11.4 Å². The molecule has 8 nitrogen and oxygen atoms in total. The molecule has 3 aromatic rings. The van der Waals surface area contributed by atoms with Crippen molar-refractivity contribution in [3.63, 3.8) is 0 Å². The number of pyridine rings is 2. The van der Waals surface area contributed by atoms with Crippen LogP contribution in [0, 0.1) is 0 Å². The Morgan fingerprint density at radius 1 is 0.919 bits per heavy atom. The van der Waals surface area contributed by atoms with Gasteiger partial charge in [0.25, 0.3) is 0 Å². The summed E-state index contributed by atoms with van der Waals surface area (Å²) >= 11 is 1.49. The first-order valence-corrected chi connectivity index (χ1v) is 13.8. The van der Waals surface area contributed by atoms with Gasteiger partial charge in [0.05, 0.1) is 49.0 Å². The van der Waals surface area contributed by atoms with Crippen LogP contribution in [0.2, 0.25) is 0 Å². The van der Waals surface area contributed by atoms with Gasteiger partial charge in [-0.05, 0) is 41.8 Å². The molecule has 0 saturated carbocycles. The Morgan fingerprint density at radius 2 is 1.68 bits per heavy atom. The predicted molar refractivity (Wildman–Crippen MR) is 150 cm³/mol. The van der Waals surface area contributed by atoms with Crippen molar-refractivity contribution < 1.29 is 9.47 Å². The molecule has 2 saturated heterocycles. The highest BCUT2D eigenvalue weighted by Gasteiger charge is 2.16. The maximum atomic E-state index is 5.51. The highest BCUT2D eigenvalue weighted by atomic mass is 32.2. The largest absolute Gasteiger partial charge is 0.480 e. The molecule has 9 heteroatoms. The van der Waals surface area contributed by atoms with E-state index < -0.39 is 0 Å². The molecule has 1 N–H and O–H groups in total. The minimum absolute atomic E-state index is 0.602. The topological polar surface area (TPSA) is 66.0 Å². The SMILES string of the molecule is CCN1CCN(Cc2ccc(-c3cncc(NSc4cc(N5CCOCC5)cnc4OC)c3)cc2)CC1. The number of rotatable bonds is 9. The van der Waals surface area contributed by atoms with Gasteiger partial charge < -0.3 is 24.0 Å². The van der Waals surface area contributed by atoms with E-state index >= 15 is 0 Å². The van der Waals surface area contributed by atoms with E-state index in [2.05, 4.69) is 72.7 Å². The average Bonchev–Trinajstić information content (AvgIpc) is 2.97. The maximum Gasteiger partial charge on any atom is 0.229 e. The number of nitrogens with one attached hydrogen (secondary N) is 1. The van der Waals surface area contributed by atoms with Gasteiger partial charge in [-0.2, -0.15) is 0 Å². The molecule has 0 unspecified atom stereocenters. The molecule has 4 heterocycles. The number of piperazine rings is 1. The van der Waals surface area contributed by atoms with E-state index in [-0.39, 0.29) is 0 Å². The average molecular weight is 521 g/mol. The summed E-state index contributed by atoms with van der Waals surface area (Å²) in [7, 11) is 1.65. The molecule has 5 rings (SSSR count). The Labute approximate surface area is 224 Å². The Balaban J connectivity index is 1.22. The molecule has 0 spiro atoms. The van der Waals surface area contributed by atoms with Crippen molar-refractivity contribution in [2.24, 2.45) is 0 Å². The molecule has 196 valence electrons. The first-order chi connectivity index (χ1) is 18.2. The number of benzene rings is 1. The van der Waals surface area contributed by atoms with Crippen LogP contribution < -0.4 is 14.4 Å². The third-order valence-electron chi connectivity index (χ3n) is 7.00. The van der Waals surface area contributed by atoms with Crippen molar-refractivity contribution in [2.75, 3.05) is 75.8 Å². The number of morpholine rings is 1. The normalized spacial score (nSPS) is 17.1. The summed E-state index contributed by atoms with van der Waals surface area (Å²) in [6, 6.07) is 13.1. The summed E-state index contributed by atoms with van der Waals surface area (Å²) in [4.78, 5) is 17.3. The predicted octanol–water partition coefficient (Wildman–Crippen LogP) is 4.25. The molecule has 2 aliphatic rings. The maximum absolute atomic E-state index is 5.51. The molecule has 0 aliphatic carbocycles. The van der Waals surface area contributed by atoms with Crippen LogP contribution in [0.25, 0.3) is 11.1 Å². The Morgan fingerprint density at radius 3 is 2.41 bits per heavy atom. The van der Waals surface area contributed by atoms with Crippen LogP contribution in [0.3, 0.4) is 0 Å². The number of nitrogens with zero attached hydrogens (tertiary/aromatic N) is 5. The van der Waals surface area contributed by atoms with Gasteiger partial charge in [0.1, 0.15) is 0 Å². The zero-order valence-corrected chi connectivity index (χ0v) is 22.5. The first kappa shape index (κ1) is 25.8. The van der Waals surface area contributed by atoms with E-state index in [0.717, 1.165) is 93.0 Å². The molecular weight excluding hydrogens is 484 g/mol. The van der Waals surface area contributed by atoms with Crippen LogP contribution in [0.1, 0.15) is 12.5 Å². The van der Waals surface area contributed by atoms with Gasteiger partial charge in [-0.15, -0.1) is 0 Å². The molecule has 2 aliphatic heterocycles. The number of hydrogen-bond donors (Lipinski definition) is 1. The number of hydrogen-bond acceptors (Lipinski definition) is 9. The second-order valence-electron chi connectivity index (χ2n) is 9.37. The minimum atomic E-state index is 0.602. The highest BCUT2D eigenvalue weighted by Crippen LogP contribution is 2.33. The van der Waals surface area contributed by atoms with E-state index in [1.807, 2.05) is 18.6 Å². The van der Waals surface area contributed by atoms with Crippen molar-refractivity contribution in [3.8, 4) is 17.0 Å². The van der Waals surface area contributed by atoms with Crippen LogP contribution in [-0.4, -0.2) is 85.9 Å². The summed E-state index contributed by atoms with van der Waals surface area (Å²) in [5, 5.41) is 0. The monoisotopic (exact) mass is 520 g/mol. The highest BCUT2D eigenvalue weighted by molar-refractivity contribution is 8.00. The Hall–Kier alpha value is -2.85. The zero-order chi connectivity index (χ0) is 25.5. The van der Waals surface area contributed by atoms with Crippen molar-refractivity contribution in [1.29, 1.82) is 0 Å². The number of anilines is 2. The van der Waals surface area contributed by atoms with E-state index in [1.54, 1.807) is 7.11 Å². The van der Waals surface area contributed by atoms with E-state index in [4.69, 9.17) is 9.47 Å². The van der Waals surface area contributed by atoms with Crippen LogP contribution in [0.5, 0.6) is 5.88 Å². The van der Waals surface area contributed by atoms with E-state index in [1.165, 1.54) is 17.5 Å². The molecule has 0 bridgehead atoms. The summed E-state index contributed by atoms with van der Waals surface area (Å²) in [5.74, 6) is 0.602. The Kier molecular flexibility index (Phi) is 8.78. The van der Waals surface area contributed by atoms with Crippen LogP contribution >= 0.6 is 11.9 Å². The molecular formula is C28H36N6O2S. The second kappa shape index (κ2) is 12.6. The van der Waals surface area contributed by atoms with Crippen LogP contribution in [-0.2, 0) is 11.3 Å². The fourth-order valence-electron chi connectivity index (χ4n) is 4.73. The van der Waals surface area contributed by atoms with Crippen molar-refractivity contribution >= 4 is 23.3 Å². The van der Waals surface area contributed by atoms with Gasteiger partial charge in [-0.25, -0.2) is 4.98 Å². The summed E-state index contributed by atoms with van der Waals surface area (Å²) in [6.07, 6.45) is 5.62. The van der Waals surface area contributed by atoms with E-state index in [0.29, 0.717) is 5.88 Å². The molecule has 1 aromatic carbocycles. The third-order valence-corrected chi connectivity index (χ3v) is 7.85. The van der Waals surface area contributed by atoms with Gasteiger partial charge in [0, 0.05) is 57.6 Å². The molecule has 2 aromatic heterocycles. The summed E-state index contributed by atoms with van der Waals surface area (Å²) in [5.41, 5.74) is 5.60. The van der Waals surface area contributed by atoms with Crippen LogP contribution in [0.15, 0.2) is 59.9 Å². The van der Waals surface area contributed by atoms with Crippen molar-refractivity contribution in [3.05, 3.63) is 60.6 Å². The fourth-order valence-corrected chi connectivity index (χ4v) is 5.48. The quantitative estimate of drug-likeness (QED) is 0.417. The van der Waals surface area contributed by atoms with Gasteiger partial charge in [0.2, 0.25) is 5.88 Å². The fraction of sp³-hybridized carbons (Fsp3) is 0.429. The number of ether oxygens (including phenoxy) is 2. The summed E-state index contributed by atoms with van der Waals surface area (Å²) < 4.78 is 14.4. The second-order valence-corrected chi connectivity index (χ2v) is 10.2. The Bertz CT molecular complexity index is 1150. The lowest BCUT2D eigenvalue weighted by atomic mass is 10.0. The molecule has 0 atom stereocenters. The molecule has 0 radical (unpaired) electrons. The molecule has 2 fully saturated rings. The third kappa shape index (κ3) is 6.73. The van der Waals surface area contributed by atoms with Gasteiger partial charge in [-0.3, -0.25) is 9.88 Å².